The third-order valence-electron chi connectivity index (χ3n) is 4.55. The maximum absolute atomic E-state index is 12.7. The zero-order valence-electron chi connectivity index (χ0n) is 25.0. The van der Waals surface area contributed by atoms with Crippen LogP contribution in [0.5, 0.6) is 0 Å². The first-order valence-corrected chi connectivity index (χ1v) is 26.7. The highest BCUT2D eigenvalue weighted by Gasteiger charge is 2.19. The summed E-state index contributed by atoms with van der Waals surface area (Å²) in [6.45, 7) is 20.7. The monoisotopic (exact) mass is 572 g/mol. The number of halogens is 2. The van der Waals surface area contributed by atoms with E-state index in [2.05, 4.69) is 51.4 Å². The highest BCUT2D eigenvalue weighted by Crippen LogP contribution is 2.15. The van der Waals surface area contributed by atoms with Crippen LogP contribution < -0.4 is 0 Å². The number of nitriles is 4. The molecule has 0 aromatic carbocycles. The maximum Gasteiger partial charge on any atom is 0.241 e. The van der Waals surface area contributed by atoms with Crippen molar-refractivity contribution in [3.05, 3.63) is 0 Å². The molecule has 0 radical (unpaired) electrons. The minimum absolute atomic E-state index is 0.500. The van der Waals surface area contributed by atoms with E-state index in [1.54, 1.807) is 26.2 Å². The number of hydrogen-bond acceptors (Lipinski definition) is 4. The molecule has 0 aliphatic carbocycles. The number of hydrogen-bond donors (Lipinski definition) is 0. The zero-order valence-corrected chi connectivity index (χ0v) is 29.0. The summed E-state index contributed by atoms with van der Waals surface area (Å²) in [6.07, 6.45) is 6.14. The Balaban J connectivity index is -0.000000190. The quantitative estimate of drug-likeness (QED) is 0.132. The second kappa shape index (κ2) is 24.0. The number of nitrogens with zero attached hydrogens (tertiary/aromatic N) is 4. The Bertz CT molecular complexity index is 559. The molecule has 0 rings (SSSR count). The van der Waals surface area contributed by atoms with Crippen molar-refractivity contribution in [1.82, 2.24) is 0 Å². The second-order valence-electron chi connectivity index (χ2n) is 12.6. The van der Waals surface area contributed by atoms with E-state index in [4.69, 9.17) is 21.0 Å². The Hall–Kier alpha value is -1.31. The smallest absolute Gasteiger partial charge is 0.241 e. The standard InChI is InChI=1S/2C7H15NSi.2C6H12FNSi/c2*1-9(2,3)7-5-4-6-8;2*1-9(2,7)6-4-3-5-8/h2*4-5,7H2,1-3H3;2*3-4,6H2,1-2H3. The lowest BCUT2D eigenvalue weighted by Gasteiger charge is -2.13. The van der Waals surface area contributed by atoms with Gasteiger partial charge in [-0.15, -0.1) is 0 Å². The lowest BCUT2D eigenvalue weighted by molar-refractivity contribution is 0.763. The van der Waals surface area contributed by atoms with Crippen molar-refractivity contribution < 1.29 is 8.22 Å². The SMILES string of the molecule is C[Si](C)(C)CCCC#N.C[Si](C)(C)CCCC#N.C[Si](C)(F)CCCC#N.C[Si](C)(F)CCCC#N. The first kappa shape index (κ1) is 41.8. The van der Waals surface area contributed by atoms with Gasteiger partial charge in [0, 0.05) is 41.8 Å². The summed E-state index contributed by atoms with van der Waals surface area (Å²) in [5.41, 5.74) is 0. The van der Waals surface area contributed by atoms with Crippen molar-refractivity contribution in [2.45, 2.75) is 141 Å². The minimum atomic E-state index is -2.35. The van der Waals surface area contributed by atoms with E-state index in [0.29, 0.717) is 24.9 Å². The molecule has 0 bridgehead atoms. The number of unbranched alkanes of at least 4 members (excludes halogenated alkanes) is 4. The van der Waals surface area contributed by atoms with Gasteiger partial charge in [0.15, 0.2) is 0 Å². The number of rotatable bonds is 12. The van der Waals surface area contributed by atoms with Crippen molar-refractivity contribution in [1.29, 1.82) is 21.0 Å². The summed E-state index contributed by atoms with van der Waals surface area (Å²) in [6, 6.07) is 12.2. The first-order chi connectivity index (χ1) is 16.2. The van der Waals surface area contributed by atoms with Crippen LogP contribution in [0.4, 0.5) is 8.22 Å². The molecule has 0 spiro atoms. The van der Waals surface area contributed by atoms with Crippen molar-refractivity contribution in [2.75, 3.05) is 0 Å². The molecule has 4 nitrogen and oxygen atoms in total. The fourth-order valence-corrected chi connectivity index (χ4v) is 7.08. The predicted molar refractivity (Wildman–Crippen MR) is 162 cm³/mol. The van der Waals surface area contributed by atoms with Crippen molar-refractivity contribution >= 4 is 33.0 Å². The van der Waals surface area contributed by atoms with Crippen LogP contribution in [0, 0.1) is 45.3 Å². The summed E-state index contributed by atoms with van der Waals surface area (Å²) in [4.78, 5) is 0. The van der Waals surface area contributed by atoms with E-state index in [9.17, 15) is 8.22 Å². The molecule has 10 heteroatoms. The molecule has 0 aromatic rings. The molecule has 0 unspecified atom stereocenters. The van der Waals surface area contributed by atoms with Crippen LogP contribution in [0.15, 0.2) is 0 Å². The van der Waals surface area contributed by atoms with E-state index in [1.807, 2.05) is 12.1 Å². The van der Waals surface area contributed by atoms with Crippen LogP contribution in [0.2, 0.25) is 89.6 Å². The van der Waals surface area contributed by atoms with Crippen LogP contribution in [0.1, 0.15) is 51.4 Å². The van der Waals surface area contributed by atoms with E-state index in [0.717, 1.165) is 38.5 Å². The highest BCUT2D eigenvalue weighted by molar-refractivity contribution is 6.76. The van der Waals surface area contributed by atoms with Gasteiger partial charge in [0.25, 0.3) is 0 Å². The van der Waals surface area contributed by atoms with Crippen LogP contribution in [0.25, 0.3) is 0 Å². The Morgan fingerprint density at radius 1 is 0.417 bits per heavy atom. The van der Waals surface area contributed by atoms with Gasteiger partial charge in [0.2, 0.25) is 16.8 Å². The Morgan fingerprint density at radius 2 is 0.611 bits per heavy atom. The fraction of sp³-hybridized carbons (Fsp3) is 0.846. The highest BCUT2D eigenvalue weighted by atomic mass is 28.4. The van der Waals surface area contributed by atoms with Gasteiger partial charge in [-0.05, 0) is 64.0 Å². The molecule has 0 aliphatic heterocycles. The van der Waals surface area contributed by atoms with E-state index < -0.39 is 33.0 Å². The van der Waals surface area contributed by atoms with Crippen LogP contribution in [-0.2, 0) is 0 Å². The normalized spacial score (nSPS) is 10.9. The zero-order chi connectivity index (χ0) is 29.3. The summed E-state index contributed by atoms with van der Waals surface area (Å²) >= 11 is 0. The summed E-state index contributed by atoms with van der Waals surface area (Å²) in [7, 11) is -6.38. The van der Waals surface area contributed by atoms with Crippen LogP contribution >= 0.6 is 0 Å². The lowest BCUT2D eigenvalue weighted by atomic mass is 10.4. The Kier molecular flexibility index (Phi) is 27.9. The first-order valence-electron chi connectivity index (χ1n) is 13.1. The van der Waals surface area contributed by atoms with Gasteiger partial charge in [0.05, 0.1) is 24.3 Å². The van der Waals surface area contributed by atoms with Crippen molar-refractivity contribution in [3.8, 4) is 24.3 Å². The Labute approximate surface area is 227 Å². The van der Waals surface area contributed by atoms with E-state index in [-0.39, 0.29) is 0 Å². The fourth-order valence-electron chi connectivity index (χ4n) is 2.57. The molecule has 0 aromatic heterocycles. The lowest BCUT2D eigenvalue weighted by Crippen LogP contribution is -2.18. The van der Waals surface area contributed by atoms with Crippen molar-refractivity contribution in [2.24, 2.45) is 0 Å². The summed E-state index contributed by atoms with van der Waals surface area (Å²) < 4.78 is 25.5. The van der Waals surface area contributed by atoms with Gasteiger partial charge >= 0.3 is 0 Å². The molecule has 208 valence electrons. The predicted octanol–water partition coefficient (Wildman–Crippen LogP) is 10.2. The molecule has 0 fully saturated rings. The van der Waals surface area contributed by atoms with Gasteiger partial charge in [-0.2, -0.15) is 21.0 Å². The van der Waals surface area contributed by atoms with E-state index in [1.165, 1.54) is 12.1 Å². The third-order valence-corrected chi connectivity index (χ3v) is 11.3. The van der Waals surface area contributed by atoms with Gasteiger partial charge in [-0.3, -0.25) is 0 Å². The molecular weight excluding hydrogens is 519 g/mol. The largest absolute Gasteiger partial charge is 0.314 e. The van der Waals surface area contributed by atoms with E-state index >= 15 is 0 Å². The topological polar surface area (TPSA) is 95.2 Å². The van der Waals surface area contributed by atoms with Gasteiger partial charge in [-0.25, -0.2) is 0 Å². The summed E-state index contributed by atoms with van der Waals surface area (Å²) in [5, 5.41) is 32.7. The second-order valence-corrected chi connectivity index (χ2v) is 31.7. The third kappa shape index (κ3) is 63.8. The molecule has 0 amide bonds. The molecule has 0 saturated carbocycles. The van der Waals surface area contributed by atoms with Gasteiger partial charge in [-0.1, -0.05) is 51.4 Å². The van der Waals surface area contributed by atoms with Crippen molar-refractivity contribution in [3.63, 3.8) is 0 Å². The molecule has 0 atom stereocenters. The molecule has 0 N–H and O–H groups in total. The molecule has 0 heterocycles. The molecule has 0 aliphatic rings. The van der Waals surface area contributed by atoms with Gasteiger partial charge < -0.3 is 8.22 Å². The van der Waals surface area contributed by atoms with Crippen LogP contribution in [-0.4, -0.2) is 33.0 Å². The average molecular weight is 573 g/mol. The summed E-state index contributed by atoms with van der Waals surface area (Å²) in [5.74, 6) is 0. The average Bonchev–Trinajstić information content (AvgIpc) is 2.67. The maximum atomic E-state index is 12.7. The molecule has 36 heavy (non-hydrogen) atoms. The van der Waals surface area contributed by atoms with Gasteiger partial charge in [0.1, 0.15) is 0 Å². The minimum Gasteiger partial charge on any atom is -0.314 e. The molecule has 0 saturated heterocycles. The van der Waals surface area contributed by atoms with Crippen LogP contribution in [0.3, 0.4) is 0 Å². The Morgan fingerprint density at radius 3 is 0.750 bits per heavy atom. The molecular formula is C26H54F2N4Si4.